The number of benzene rings is 2. The predicted octanol–water partition coefficient (Wildman–Crippen LogP) is 4.47. The van der Waals surface area contributed by atoms with Crippen molar-refractivity contribution >= 4 is 17.8 Å². The molecule has 9 heteroatoms. The van der Waals surface area contributed by atoms with Gasteiger partial charge in [0.1, 0.15) is 24.6 Å². The van der Waals surface area contributed by atoms with Crippen molar-refractivity contribution in [2.75, 3.05) is 40.6 Å². The normalized spacial score (nSPS) is 12.2. The molecule has 0 aliphatic carbocycles. The molecule has 0 amide bonds. The first-order valence-corrected chi connectivity index (χ1v) is 12.0. The Morgan fingerprint density at radius 3 is 2.32 bits per heavy atom. The fourth-order valence-corrected chi connectivity index (χ4v) is 3.73. The highest BCUT2D eigenvalue weighted by Crippen LogP contribution is 2.45. The van der Waals surface area contributed by atoms with E-state index in [1.807, 2.05) is 19.9 Å². The van der Waals surface area contributed by atoms with Crippen LogP contribution in [0.4, 0.5) is 4.39 Å². The summed E-state index contributed by atoms with van der Waals surface area (Å²) in [4.78, 5) is 22.6. The summed E-state index contributed by atoms with van der Waals surface area (Å²) < 4.78 is 36.0. The summed E-state index contributed by atoms with van der Waals surface area (Å²) in [7, 11) is 3.12. The quantitative estimate of drug-likeness (QED) is 0.247. The molecule has 0 aliphatic rings. The fourth-order valence-electron chi connectivity index (χ4n) is 3.73. The highest BCUT2D eigenvalue weighted by Gasteiger charge is 2.22. The standard InChI is InChI=1S/C28H35FO8/c1-18(2)24-17-25(35-4)28(37-14-13-36-12-11-34-3)27(19-5-7-20(29)8-6-19)23(24)10-9-21(30)15-22(31)16-26(32)33/h5-10,17-18,21,30H,11-16H2,1-4H3,(H,32,33)/b10-9+. The van der Waals surface area contributed by atoms with Gasteiger partial charge < -0.3 is 29.2 Å². The van der Waals surface area contributed by atoms with E-state index in [0.29, 0.717) is 48.0 Å². The lowest BCUT2D eigenvalue weighted by molar-refractivity contribution is -0.140. The van der Waals surface area contributed by atoms with Gasteiger partial charge in [-0.25, -0.2) is 4.39 Å². The minimum Gasteiger partial charge on any atom is -0.493 e. The van der Waals surface area contributed by atoms with Crippen LogP contribution in [0, 0.1) is 5.82 Å². The van der Waals surface area contributed by atoms with Crippen molar-refractivity contribution < 1.29 is 43.1 Å². The number of carbonyl (C=O) groups is 2. The third-order valence-electron chi connectivity index (χ3n) is 5.47. The van der Waals surface area contributed by atoms with Crippen LogP contribution in [-0.4, -0.2) is 68.7 Å². The summed E-state index contributed by atoms with van der Waals surface area (Å²) in [5, 5.41) is 19.2. The molecule has 0 saturated carbocycles. The summed E-state index contributed by atoms with van der Waals surface area (Å²) in [6, 6.07) is 7.78. The predicted molar refractivity (Wildman–Crippen MR) is 138 cm³/mol. The number of aliphatic carboxylic acids is 1. The summed E-state index contributed by atoms with van der Waals surface area (Å²) in [5.41, 5.74) is 2.86. The molecule has 2 rings (SSSR count). The first kappa shape index (κ1) is 30.0. The van der Waals surface area contributed by atoms with Crippen molar-refractivity contribution in [3.8, 4) is 22.6 Å². The van der Waals surface area contributed by atoms with Gasteiger partial charge in [0.2, 0.25) is 0 Å². The van der Waals surface area contributed by atoms with E-state index in [0.717, 1.165) is 5.56 Å². The lowest BCUT2D eigenvalue weighted by Crippen LogP contribution is -2.14. The summed E-state index contributed by atoms with van der Waals surface area (Å²) in [6.45, 7) is 5.39. The van der Waals surface area contributed by atoms with E-state index in [1.54, 1.807) is 25.3 Å². The Morgan fingerprint density at radius 2 is 1.73 bits per heavy atom. The molecule has 2 aromatic carbocycles. The van der Waals surface area contributed by atoms with Gasteiger partial charge in [0.15, 0.2) is 11.5 Å². The number of rotatable bonds is 16. The lowest BCUT2D eigenvalue weighted by atomic mass is 9.88. The molecule has 0 aromatic heterocycles. The second-order valence-electron chi connectivity index (χ2n) is 8.64. The number of aliphatic hydroxyl groups is 1. The fraction of sp³-hybridized carbons (Fsp3) is 0.429. The van der Waals surface area contributed by atoms with Crippen molar-refractivity contribution in [1.29, 1.82) is 0 Å². The minimum atomic E-state index is -1.25. The maximum absolute atomic E-state index is 13.8. The van der Waals surface area contributed by atoms with E-state index in [1.165, 1.54) is 25.3 Å². The van der Waals surface area contributed by atoms with E-state index in [2.05, 4.69) is 0 Å². The number of carbonyl (C=O) groups excluding carboxylic acids is 1. The maximum Gasteiger partial charge on any atom is 0.310 e. The second-order valence-corrected chi connectivity index (χ2v) is 8.64. The van der Waals surface area contributed by atoms with Crippen LogP contribution in [0.2, 0.25) is 0 Å². The molecule has 8 nitrogen and oxygen atoms in total. The number of ketones is 1. The van der Waals surface area contributed by atoms with Gasteiger partial charge in [-0.1, -0.05) is 38.1 Å². The maximum atomic E-state index is 13.8. The van der Waals surface area contributed by atoms with Crippen molar-refractivity contribution in [2.24, 2.45) is 0 Å². The van der Waals surface area contributed by atoms with Gasteiger partial charge in [0.25, 0.3) is 0 Å². The third-order valence-corrected chi connectivity index (χ3v) is 5.47. The van der Waals surface area contributed by atoms with Crippen LogP contribution >= 0.6 is 0 Å². The molecule has 0 saturated heterocycles. The number of aliphatic hydroxyl groups excluding tert-OH is 1. The van der Waals surface area contributed by atoms with Gasteiger partial charge in [-0.05, 0) is 40.8 Å². The minimum absolute atomic E-state index is 0.0324. The van der Waals surface area contributed by atoms with Crippen LogP contribution in [-0.2, 0) is 19.1 Å². The summed E-state index contributed by atoms with van der Waals surface area (Å²) in [6.07, 6.45) is 0.945. The Labute approximate surface area is 216 Å². The molecule has 2 aromatic rings. The zero-order valence-corrected chi connectivity index (χ0v) is 21.7. The Kier molecular flexibility index (Phi) is 12.2. The van der Waals surface area contributed by atoms with Gasteiger partial charge in [0.05, 0.1) is 33.0 Å². The summed E-state index contributed by atoms with van der Waals surface area (Å²) >= 11 is 0. The molecule has 0 heterocycles. The Bertz CT molecular complexity index is 1060. The highest BCUT2D eigenvalue weighted by atomic mass is 19.1. The van der Waals surface area contributed by atoms with E-state index < -0.39 is 30.1 Å². The van der Waals surface area contributed by atoms with E-state index in [-0.39, 0.29) is 18.9 Å². The zero-order valence-electron chi connectivity index (χ0n) is 21.7. The molecule has 1 atom stereocenters. The molecule has 0 radical (unpaired) electrons. The molecule has 2 N–H and O–H groups in total. The molecule has 202 valence electrons. The molecule has 0 fully saturated rings. The second kappa shape index (κ2) is 15.1. The zero-order chi connectivity index (χ0) is 27.4. The molecule has 37 heavy (non-hydrogen) atoms. The monoisotopic (exact) mass is 518 g/mol. The van der Waals surface area contributed by atoms with Gasteiger partial charge in [-0.15, -0.1) is 0 Å². The van der Waals surface area contributed by atoms with Gasteiger partial charge in [-0.2, -0.15) is 0 Å². The lowest BCUT2D eigenvalue weighted by Gasteiger charge is -2.22. The van der Waals surface area contributed by atoms with E-state index >= 15 is 0 Å². The molecule has 0 bridgehead atoms. The largest absolute Gasteiger partial charge is 0.493 e. The molecule has 1 unspecified atom stereocenters. The molecular weight excluding hydrogens is 483 g/mol. The summed E-state index contributed by atoms with van der Waals surface area (Å²) in [5.74, 6) is -1.29. The third kappa shape index (κ3) is 9.27. The molecule has 0 aliphatic heterocycles. The Morgan fingerprint density at radius 1 is 1.05 bits per heavy atom. The van der Waals surface area contributed by atoms with Crippen LogP contribution in [0.5, 0.6) is 11.5 Å². The van der Waals surface area contributed by atoms with Gasteiger partial charge in [0, 0.05) is 19.1 Å². The first-order chi connectivity index (χ1) is 17.7. The van der Waals surface area contributed by atoms with Crippen molar-refractivity contribution in [3.63, 3.8) is 0 Å². The van der Waals surface area contributed by atoms with Gasteiger partial charge in [-0.3, -0.25) is 9.59 Å². The number of halogens is 1. The molecular formula is C28H35FO8. The number of hydrogen-bond acceptors (Lipinski definition) is 7. The number of Topliss-reactive ketones (excluding diaryl/α,β-unsaturated/α-hetero) is 1. The smallest absolute Gasteiger partial charge is 0.310 e. The van der Waals surface area contributed by atoms with Crippen molar-refractivity contribution in [2.45, 2.75) is 38.7 Å². The molecule has 0 spiro atoms. The number of ether oxygens (including phenoxy) is 4. The van der Waals surface area contributed by atoms with Gasteiger partial charge >= 0.3 is 5.97 Å². The van der Waals surface area contributed by atoms with E-state index in [9.17, 15) is 19.1 Å². The average molecular weight is 519 g/mol. The van der Waals surface area contributed by atoms with Crippen molar-refractivity contribution in [3.05, 3.63) is 53.4 Å². The average Bonchev–Trinajstić information content (AvgIpc) is 2.84. The van der Waals surface area contributed by atoms with Crippen LogP contribution in [0.25, 0.3) is 17.2 Å². The van der Waals surface area contributed by atoms with Crippen LogP contribution in [0.15, 0.2) is 36.4 Å². The first-order valence-electron chi connectivity index (χ1n) is 12.0. The van der Waals surface area contributed by atoms with Crippen LogP contribution in [0.3, 0.4) is 0 Å². The van der Waals surface area contributed by atoms with Crippen LogP contribution < -0.4 is 9.47 Å². The number of methoxy groups -OCH3 is 2. The number of carboxylic acid groups (broad SMARTS) is 1. The van der Waals surface area contributed by atoms with E-state index in [4.69, 9.17) is 24.1 Å². The number of hydrogen-bond donors (Lipinski definition) is 2. The highest BCUT2D eigenvalue weighted by molar-refractivity contribution is 5.95. The van der Waals surface area contributed by atoms with Crippen molar-refractivity contribution in [1.82, 2.24) is 0 Å². The van der Waals surface area contributed by atoms with Crippen LogP contribution in [0.1, 0.15) is 43.7 Å². The Hall–Kier alpha value is -3.27. The topological polar surface area (TPSA) is 112 Å². The SMILES string of the molecule is COCCOCCOc1c(OC)cc(C(C)C)c(/C=C/C(O)CC(=O)CC(=O)O)c1-c1ccc(F)cc1. The number of carboxylic acids is 1. The Balaban J connectivity index is 2.55.